The molecule has 0 spiro atoms. The van der Waals surface area contributed by atoms with Crippen LogP contribution in [-0.4, -0.2) is 37.2 Å². The monoisotopic (exact) mass is 807 g/mol. The average molecular weight is 807 g/mol. The van der Waals surface area contributed by atoms with Gasteiger partial charge < -0.3 is 14.2 Å². The van der Waals surface area contributed by atoms with E-state index in [1.54, 1.807) is 0 Å². The van der Waals surface area contributed by atoms with Crippen LogP contribution in [0.2, 0.25) is 0 Å². The zero-order valence-corrected chi connectivity index (χ0v) is 39.1. The summed E-state index contributed by atoms with van der Waals surface area (Å²) in [5.41, 5.74) is 0. The van der Waals surface area contributed by atoms with E-state index in [-0.39, 0.29) is 31.1 Å². The molecule has 0 amide bonds. The smallest absolute Gasteiger partial charge is 0.306 e. The third kappa shape index (κ3) is 45.3. The van der Waals surface area contributed by atoms with Gasteiger partial charge in [-0.15, -0.1) is 0 Å². The molecule has 0 aromatic carbocycles. The van der Waals surface area contributed by atoms with Gasteiger partial charge in [-0.1, -0.05) is 234 Å². The number of rotatable bonds is 44. The lowest BCUT2D eigenvalue weighted by Gasteiger charge is -2.18. The summed E-state index contributed by atoms with van der Waals surface area (Å²) in [6.45, 7) is 13.6. The largest absolute Gasteiger partial charge is 0.462 e. The van der Waals surface area contributed by atoms with Crippen molar-refractivity contribution in [3.8, 4) is 0 Å². The molecule has 0 saturated heterocycles. The topological polar surface area (TPSA) is 78.9 Å². The standard InChI is InChI=1S/C51H98O6/c1-45(2)37-31-25-19-15-11-7-9-13-17-21-28-34-40-49(52)55-43-48(44-56-50(53)41-35-29-24-23-27-33-39-47(5)6)57-51(54)42-36-30-22-18-14-10-8-12-16-20-26-32-38-46(3)4/h45-48H,7-44H2,1-6H3/t48-/m0/s1. The molecule has 0 N–H and O–H groups in total. The van der Waals surface area contributed by atoms with Crippen LogP contribution in [0.1, 0.15) is 273 Å². The van der Waals surface area contributed by atoms with Crippen molar-refractivity contribution in [2.24, 2.45) is 17.8 Å². The molecule has 0 heterocycles. The normalized spacial score (nSPS) is 12.2. The van der Waals surface area contributed by atoms with Gasteiger partial charge >= 0.3 is 17.9 Å². The van der Waals surface area contributed by atoms with Gasteiger partial charge in [-0.05, 0) is 37.0 Å². The maximum Gasteiger partial charge on any atom is 0.306 e. The molecule has 0 radical (unpaired) electrons. The average Bonchev–Trinajstić information content (AvgIpc) is 3.16. The second-order valence-corrected chi connectivity index (χ2v) is 18.9. The van der Waals surface area contributed by atoms with Gasteiger partial charge in [0.05, 0.1) is 0 Å². The van der Waals surface area contributed by atoms with E-state index < -0.39 is 6.10 Å². The van der Waals surface area contributed by atoms with Crippen LogP contribution in [0.25, 0.3) is 0 Å². The molecule has 6 nitrogen and oxygen atoms in total. The molecule has 0 unspecified atom stereocenters. The van der Waals surface area contributed by atoms with Crippen LogP contribution in [0.3, 0.4) is 0 Å². The van der Waals surface area contributed by atoms with Crippen LogP contribution < -0.4 is 0 Å². The Morgan fingerprint density at radius 2 is 0.509 bits per heavy atom. The highest BCUT2D eigenvalue weighted by Gasteiger charge is 2.19. The Labute approximate surface area is 355 Å². The third-order valence-electron chi connectivity index (χ3n) is 11.4. The van der Waals surface area contributed by atoms with Crippen molar-refractivity contribution in [2.75, 3.05) is 13.2 Å². The van der Waals surface area contributed by atoms with Gasteiger partial charge in [0.25, 0.3) is 0 Å². The van der Waals surface area contributed by atoms with Crippen molar-refractivity contribution in [1.82, 2.24) is 0 Å². The van der Waals surface area contributed by atoms with Gasteiger partial charge in [0.15, 0.2) is 6.10 Å². The highest BCUT2D eigenvalue weighted by atomic mass is 16.6. The minimum atomic E-state index is -0.762. The molecule has 0 fully saturated rings. The first-order valence-corrected chi connectivity index (χ1v) is 25.1. The molecule has 0 aromatic rings. The highest BCUT2D eigenvalue weighted by molar-refractivity contribution is 5.71. The molecule has 0 aliphatic carbocycles. The van der Waals surface area contributed by atoms with E-state index in [4.69, 9.17) is 14.2 Å². The molecule has 1 atom stereocenters. The highest BCUT2D eigenvalue weighted by Crippen LogP contribution is 2.17. The quantitative estimate of drug-likeness (QED) is 0.0347. The van der Waals surface area contributed by atoms with E-state index >= 15 is 0 Å². The number of carbonyl (C=O) groups is 3. The second-order valence-electron chi connectivity index (χ2n) is 18.9. The van der Waals surface area contributed by atoms with Crippen LogP contribution in [-0.2, 0) is 28.6 Å². The molecule has 0 aliphatic heterocycles. The van der Waals surface area contributed by atoms with E-state index in [2.05, 4.69) is 41.5 Å². The second kappa shape index (κ2) is 42.5. The molecular weight excluding hydrogens is 709 g/mol. The van der Waals surface area contributed by atoms with Crippen molar-refractivity contribution in [3.05, 3.63) is 0 Å². The molecule has 0 bridgehead atoms. The molecular formula is C51H98O6. The zero-order valence-electron chi connectivity index (χ0n) is 39.1. The van der Waals surface area contributed by atoms with Gasteiger partial charge in [0.2, 0.25) is 0 Å². The van der Waals surface area contributed by atoms with Gasteiger partial charge in [0.1, 0.15) is 13.2 Å². The van der Waals surface area contributed by atoms with E-state index in [0.717, 1.165) is 75.5 Å². The Morgan fingerprint density at radius 1 is 0.298 bits per heavy atom. The summed E-state index contributed by atoms with van der Waals surface area (Å²) < 4.78 is 16.8. The fraction of sp³-hybridized carbons (Fsp3) is 0.941. The minimum absolute atomic E-state index is 0.0656. The van der Waals surface area contributed by atoms with Crippen molar-refractivity contribution in [2.45, 2.75) is 279 Å². The lowest BCUT2D eigenvalue weighted by atomic mass is 10.0. The van der Waals surface area contributed by atoms with E-state index in [0.29, 0.717) is 19.3 Å². The van der Waals surface area contributed by atoms with Crippen LogP contribution in [0, 0.1) is 17.8 Å². The van der Waals surface area contributed by atoms with Crippen molar-refractivity contribution >= 4 is 17.9 Å². The van der Waals surface area contributed by atoms with Crippen molar-refractivity contribution in [3.63, 3.8) is 0 Å². The SMILES string of the molecule is CC(C)CCCCCCCCCCCCCCC(=O)OC[C@@H](COC(=O)CCCCCCCCC(C)C)OC(=O)CCCCCCCCCCCCCCC(C)C. The maximum absolute atomic E-state index is 12.8. The predicted octanol–water partition coefficient (Wildman–Crippen LogP) is 16.0. The molecule has 0 saturated carbocycles. The Kier molecular flexibility index (Phi) is 41.3. The van der Waals surface area contributed by atoms with Crippen LogP contribution >= 0.6 is 0 Å². The summed E-state index contributed by atoms with van der Waals surface area (Å²) in [5, 5.41) is 0. The number of esters is 3. The van der Waals surface area contributed by atoms with Gasteiger partial charge in [-0.25, -0.2) is 0 Å². The van der Waals surface area contributed by atoms with Crippen LogP contribution in [0.15, 0.2) is 0 Å². The molecule has 338 valence electrons. The Bertz CT molecular complexity index is 883. The van der Waals surface area contributed by atoms with Crippen molar-refractivity contribution in [1.29, 1.82) is 0 Å². The lowest BCUT2D eigenvalue weighted by Crippen LogP contribution is -2.30. The van der Waals surface area contributed by atoms with Crippen LogP contribution in [0.4, 0.5) is 0 Å². The molecule has 0 aromatic heterocycles. The Balaban J connectivity index is 4.29. The number of ether oxygens (including phenoxy) is 3. The fourth-order valence-electron chi connectivity index (χ4n) is 7.59. The third-order valence-corrected chi connectivity index (χ3v) is 11.4. The molecule has 0 aliphatic rings. The van der Waals surface area contributed by atoms with Gasteiger partial charge in [0, 0.05) is 19.3 Å². The summed E-state index contributed by atoms with van der Waals surface area (Å²) in [5.74, 6) is 1.57. The maximum atomic E-state index is 12.8. The van der Waals surface area contributed by atoms with Gasteiger partial charge in [-0.3, -0.25) is 14.4 Å². The van der Waals surface area contributed by atoms with E-state index in [1.165, 1.54) is 154 Å². The summed E-state index contributed by atoms with van der Waals surface area (Å²) in [6.07, 6.45) is 41.0. The first kappa shape index (κ1) is 55.4. The fourth-order valence-corrected chi connectivity index (χ4v) is 7.59. The first-order valence-electron chi connectivity index (χ1n) is 25.1. The number of unbranched alkanes of at least 4 members (excludes halogenated alkanes) is 27. The minimum Gasteiger partial charge on any atom is -0.462 e. The van der Waals surface area contributed by atoms with E-state index in [9.17, 15) is 14.4 Å². The Hall–Kier alpha value is -1.59. The predicted molar refractivity (Wildman–Crippen MR) is 243 cm³/mol. The molecule has 6 heteroatoms. The molecule has 57 heavy (non-hydrogen) atoms. The Morgan fingerprint density at radius 3 is 0.754 bits per heavy atom. The van der Waals surface area contributed by atoms with Gasteiger partial charge in [-0.2, -0.15) is 0 Å². The summed E-state index contributed by atoms with van der Waals surface area (Å²) in [6, 6.07) is 0. The zero-order chi connectivity index (χ0) is 42.0. The summed E-state index contributed by atoms with van der Waals surface area (Å²) in [4.78, 5) is 37.8. The molecule has 0 rings (SSSR count). The number of hydrogen-bond acceptors (Lipinski definition) is 6. The van der Waals surface area contributed by atoms with Crippen LogP contribution in [0.5, 0.6) is 0 Å². The number of carbonyl (C=O) groups excluding carboxylic acids is 3. The summed E-state index contributed by atoms with van der Waals surface area (Å²) >= 11 is 0. The first-order chi connectivity index (χ1) is 27.6. The lowest BCUT2D eigenvalue weighted by molar-refractivity contribution is -0.167. The number of hydrogen-bond donors (Lipinski definition) is 0. The van der Waals surface area contributed by atoms with E-state index in [1.807, 2.05) is 0 Å². The van der Waals surface area contributed by atoms with Crippen molar-refractivity contribution < 1.29 is 28.6 Å². The summed E-state index contributed by atoms with van der Waals surface area (Å²) in [7, 11) is 0.